The van der Waals surface area contributed by atoms with Crippen LogP contribution in [0.2, 0.25) is 0 Å². The number of hydrogen-bond donors (Lipinski definition) is 0. The second-order valence-electron chi connectivity index (χ2n) is 7.17. The maximum Gasteiger partial charge on any atom is 0.317 e. The number of esters is 1. The summed E-state index contributed by atoms with van der Waals surface area (Å²) in [6, 6.07) is 11.8. The number of carbonyl (C=O) groups is 2. The van der Waals surface area contributed by atoms with E-state index in [4.69, 9.17) is 4.74 Å². The van der Waals surface area contributed by atoms with E-state index in [9.17, 15) is 9.59 Å². The average molecular weight is 457 g/mol. The molecule has 1 aromatic carbocycles. The van der Waals surface area contributed by atoms with Crippen molar-refractivity contribution in [1.29, 1.82) is 0 Å². The number of aryl methyl sites for hydroxylation is 1. The van der Waals surface area contributed by atoms with Crippen molar-refractivity contribution in [3.8, 4) is 10.7 Å². The van der Waals surface area contributed by atoms with Crippen LogP contribution in [0.3, 0.4) is 0 Å². The highest BCUT2D eigenvalue weighted by molar-refractivity contribution is 7.99. The van der Waals surface area contributed by atoms with Gasteiger partial charge in [-0.2, -0.15) is 0 Å². The number of amides is 1. The molecule has 1 atom stereocenters. The molecule has 3 aromatic rings. The minimum absolute atomic E-state index is 0.0663. The number of ether oxygens (including phenoxy) is 1. The highest BCUT2D eigenvalue weighted by Gasteiger charge is 2.28. The number of nitrogens with zero attached hydrogens (tertiary/aromatic N) is 4. The van der Waals surface area contributed by atoms with Crippen LogP contribution >= 0.6 is 23.1 Å². The standard InChI is InChI=1S/C22H24N4O3S2/c1-3-25-20(18-11-7-13-30-18)23-24-22(25)31-14-19(27)29-15(2)21(28)26-12-6-9-16-8-4-5-10-17(16)26/h4-5,7-8,10-11,13,15H,3,6,9,12,14H2,1-2H3. The van der Waals surface area contributed by atoms with E-state index >= 15 is 0 Å². The minimum Gasteiger partial charge on any atom is -0.452 e. The molecule has 0 saturated carbocycles. The van der Waals surface area contributed by atoms with Gasteiger partial charge in [-0.15, -0.1) is 21.5 Å². The molecule has 162 valence electrons. The van der Waals surface area contributed by atoms with Crippen LogP contribution in [0.1, 0.15) is 25.8 Å². The first-order valence-corrected chi connectivity index (χ1v) is 12.1. The summed E-state index contributed by atoms with van der Waals surface area (Å²) in [5.74, 6) is 0.221. The Morgan fingerprint density at radius 1 is 1.23 bits per heavy atom. The van der Waals surface area contributed by atoms with Gasteiger partial charge in [-0.25, -0.2) is 0 Å². The Morgan fingerprint density at radius 2 is 2.06 bits per heavy atom. The topological polar surface area (TPSA) is 77.3 Å². The molecule has 0 aliphatic carbocycles. The van der Waals surface area contributed by atoms with E-state index in [1.165, 1.54) is 11.8 Å². The summed E-state index contributed by atoms with van der Waals surface area (Å²) in [5.41, 5.74) is 2.06. The molecule has 1 amide bonds. The van der Waals surface area contributed by atoms with E-state index in [2.05, 4.69) is 10.2 Å². The van der Waals surface area contributed by atoms with Gasteiger partial charge in [-0.1, -0.05) is 36.0 Å². The molecule has 0 spiro atoms. The smallest absolute Gasteiger partial charge is 0.317 e. The Kier molecular flexibility index (Phi) is 6.72. The van der Waals surface area contributed by atoms with Gasteiger partial charge in [0.15, 0.2) is 17.1 Å². The van der Waals surface area contributed by atoms with Crippen molar-refractivity contribution in [2.75, 3.05) is 17.2 Å². The summed E-state index contributed by atoms with van der Waals surface area (Å²) in [6.45, 7) is 4.98. The van der Waals surface area contributed by atoms with Crippen molar-refractivity contribution < 1.29 is 14.3 Å². The predicted octanol–water partition coefficient (Wildman–Crippen LogP) is 4.03. The summed E-state index contributed by atoms with van der Waals surface area (Å²) in [7, 11) is 0. The zero-order chi connectivity index (χ0) is 21.8. The maximum atomic E-state index is 12.9. The number of thiophene rings is 1. The van der Waals surface area contributed by atoms with Crippen molar-refractivity contribution >= 4 is 40.7 Å². The first-order valence-electron chi connectivity index (χ1n) is 10.3. The molecule has 1 unspecified atom stereocenters. The highest BCUT2D eigenvalue weighted by atomic mass is 32.2. The average Bonchev–Trinajstić information content (AvgIpc) is 3.46. The highest BCUT2D eigenvalue weighted by Crippen LogP contribution is 2.29. The number of rotatable bonds is 7. The first-order chi connectivity index (χ1) is 15.1. The van der Waals surface area contributed by atoms with E-state index < -0.39 is 12.1 Å². The largest absolute Gasteiger partial charge is 0.452 e. The Hall–Kier alpha value is -2.65. The van der Waals surface area contributed by atoms with E-state index in [0.717, 1.165) is 34.8 Å². The Bertz CT molecular complexity index is 1060. The van der Waals surface area contributed by atoms with Crippen LogP contribution in [0.5, 0.6) is 0 Å². The lowest BCUT2D eigenvalue weighted by atomic mass is 10.0. The van der Waals surface area contributed by atoms with Gasteiger partial charge in [0.05, 0.1) is 10.6 Å². The molecule has 0 saturated heterocycles. The third kappa shape index (κ3) is 4.67. The molecular formula is C22H24N4O3S2. The quantitative estimate of drug-likeness (QED) is 0.395. The van der Waals surface area contributed by atoms with E-state index in [1.54, 1.807) is 23.2 Å². The molecule has 2 aromatic heterocycles. The van der Waals surface area contributed by atoms with Gasteiger partial charge < -0.3 is 14.2 Å². The SMILES string of the molecule is CCn1c(SCC(=O)OC(C)C(=O)N2CCCc3ccccc32)nnc1-c1cccs1. The second kappa shape index (κ2) is 9.65. The third-order valence-corrected chi connectivity index (χ3v) is 6.93. The summed E-state index contributed by atoms with van der Waals surface area (Å²) in [6.07, 6.45) is 1.01. The van der Waals surface area contributed by atoms with Crippen LogP contribution in [0.4, 0.5) is 5.69 Å². The lowest BCUT2D eigenvalue weighted by Gasteiger charge is -2.31. The number of aromatic nitrogens is 3. The normalized spacial score (nSPS) is 14.2. The third-order valence-electron chi connectivity index (χ3n) is 5.13. The fraction of sp³-hybridized carbons (Fsp3) is 0.364. The van der Waals surface area contributed by atoms with Crippen LogP contribution in [-0.4, -0.2) is 45.0 Å². The fourth-order valence-electron chi connectivity index (χ4n) is 3.66. The van der Waals surface area contributed by atoms with Gasteiger partial charge in [0, 0.05) is 18.8 Å². The van der Waals surface area contributed by atoms with Gasteiger partial charge >= 0.3 is 5.97 Å². The zero-order valence-electron chi connectivity index (χ0n) is 17.5. The number of benzene rings is 1. The molecule has 7 nitrogen and oxygen atoms in total. The molecule has 0 fully saturated rings. The molecule has 1 aliphatic rings. The number of fused-ring (bicyclic) bond motifs is 1. The summed E-state index contributed by atoms with van der Waals surface area (Å²) >= 11 is 2.87. The van der Waals surface area contributed by atoms with Crippen LogP contribution in [0, 0.1) is 0 Å². The summed E-state index contributed by atoms with van der Waals surface area (Å²) in [5, 5.41) is 11.1. The van der Waals surface area contributed by atoms with E-state index in [0.29, 0.717) is 18.2 Å². The molecule has 0 bridgehead atoms. The number of anilines is 1. The van der Waals surface area contributed by atoms with Gasteiger partial charge in [0.2, 0.25) is 0 Å². The summed E-state index contributed by atoms with van der Waals surface area (Å²) < 4.78 is 7.42. The van der Waals surface area contributed by atoms with Gasteiger partial charge in [0.25, 0.3) is 5.91 Å². The molecule has 31 heavy (non-hydrogen) atoms. The van der Waals surface area contributed by atoms with Crippen molar-refractivity contribution in [3.05, 3.63) is 47.3 Å². The minimum atomic E-state index is -0.843. The van der Waals surface area contributed by atoms with Gasteiger partial charge in [-0.3, -0.25) is 9.59 Å². The van der Waals surface area contributed by atoms with E-state index in [-0.39, 0.29) is 11.7 Å². The maximum absolute atomic E-state index is 12.9. The lowest BCUT2D eigenvalue weighted by Crippen LogP contribution is -2.43. The molecule has 1 aliphatic heterocycles. The molecule has 4 rings (SSSR count). The molecule has 0 radical (unpaired) electrons. The number of hydrogen-bond acceptors (Lipinski definition) is 7. The number of para-hydroxylation sites is 1. The lowest BCUT2D eigenvalue weighted by molar-refractivity contribution is -0.151. The van der Waals surface area contributed by atoms with E-state index in [1.807, 2.05) is 53.3 Å². The van der Waals surface area contributed by atoms with Gasteiger partial charge in [-0.05, 0) is 49.8 Å². The van der Waals surface area contributed by atoms with Crippen LogP contribution in [0.25, 0.3) is 10.7 Å². The monoisotopic (exact) mass is 456 g/mol. The molecule has 3 heterocycles. The van der Waals surface area contributed by atoms with Crippen molar-refractivity contribution in [2.45, 2.75) is 44.5 Å². The first kappa shape index (κ1) is 21.6. The van der Waals surface area contributed by atoms with Crippen molar-refractivity contribution in [3.63, 3.8) is 0 Å². The predicted molar refractivity (Wildman–Crippen MR) is 122 cm³/mol. The molecule has 0 N–H and O–H groups in total. The molecular weight excluding hydrogens is 432 g/mol. The number of thioether (sulfide) groups is 1. The Morgan fingerprint density at radius 3 is 2.84 bits per heavy atom. The zero-order valence-corrected chi connectivity index (χ0v) is 19.1. The Labute approximate surface area is 189 Å². The second-order valence-corrected chi connectivity index (χ2v) is 9.06. The molecule has 9 heteroatoms. The fourth-order valence-corrected chi connectivity index (χ4v) is 5.16. The van der Waals surface area contributed by atoms with Crippen molar-refractivity contribution in [2.24, 2.45) is 0 Å². The van der Waals surface area contributed by atoms with Crippen LogP contribution in [-0.2, 0) is 27.3 Å². The van der Waals surface area contributed by atoms with Crippen LogP contribution < -0.4 is 4.90 Å². The van der Waals surface area contributed by atoms with Gasteiger partial charge in [0.1, 0.15) is 0 Å². The van der Waals surface area contributed by atoms with Crippen LogP contribution in [0.15, 0.2) is 46.9 Å². The Balaban J connectivity index is 1.36. The summed E-state index contributed by atoms with van der Waals surface area (Å²) in [4.78, 5) is 28.1. The van der Waals surface area contributed by atoms with Crippen molar-refractivity contribution in [1.82, 2.24) is 14.8 Å². The number of carbonyl (C=O) groups excluding carboxylic acids is 2.